The predicted molar refractivity (Wildman–Crippen MR) is 105 cm³/mol. The molecule has 0 atom stereocenters. The van der Waals surface area contributed by atoms with Gasteiger partial charge in [0.25, 0.3) is 0 Å². The third-order valence-corrected chi connectivity index (χ3v) is 3.38. The minimum absolute atomic E-state index is 0. The van der Waals surface area contributed by atoms with E-state index in [1.807, 2.05) is 0 Å². The van der Waals surface area contributed by atoms with Crippen LogP contribution in [0.5, 0.6) is 0 Å². The first-order valence-corrected chi connectivity index (χ1v) is 7.69. The molecule has 0 unspecified atom stereocenters. The van der Waals surface area contributed by atoms with E-state index in [0.717, 1.165) is 0 Å². The second kappa shape index (κ2) is 20.3. The number of carbonyl (C=O) groups is 4. The lowest BCUT2D eigenvalue weighted by Gasteiger charge is -2.34. The van der Waals surface area contributed by atoms with E-state index in [-0.39, 0.29) is 74.3 Å². The van der Waals surface area contributed by atoms with Gasteiger partial charge >= 0.3 is 0 Å². The third-order valence-electron chi connectivity index (χ3n) is 3.38. The van der Waals surface area contributed by atoms with Crippen molar-refractivity contribution in [1.29, 1.82) is 0 Å². The molecule has 0 aromatic rings. The Labute approximate surface area is 167 Å². The standard InChI is InChI=1S/C13H28N8O4.4H2O/c14-1-9(22)18-5-13(6-19-10(23)2-15,7-20-11(24)3-16)8-21-12(25)4-17;;;;/h1-8,14-17H2,(H,18,22)(H,19,23)(H,20,24)(H,21,25);4*1H2. The van der Waals surface area contributed by atoms with Gasteiger partial charge in [-0.2, -0.15) is 0 Å². The molecule has 0 rings (SSSR count). The molecule has 0 aliphatic carbocycles. The monoisotopic (exact) mass is 432 g/mol. The van der Waals surface area contributed by atoms with E-state index in [0.29, 0.717) is 0 Å². The summed E-state index contributed by atoms with van der Waals surface area (Å²) in [4.78, 5) is 45.9. The molecule has 29 heavy (non-hydrogen) atoms. The lowest BCUT2D eigenvalue weighted by atomic mass is 9.86. The normalized spacial score (nSPS) is 9.24. The van der Waals surface area contributed by atoms with Crippen molar-refractivity contribution in [2.45, 2.75) is 0 Å². The topological polar surface area (TPSA) is 346 Å². The van der Waals surface area contributed by atoms with Crippen molar-refractivity contribution in [2.75, 3.05) is 52.4 Å². The zero-order valence-electron chi connectivity index (χ0n) is 16.1. The molecule has 16 heteroatoms. The predicted octanol–water partition coefficient (Wildman–Crippen LogP) is -9.03. The van der Waals surface area contributed by atoms with Gasteiger partial charge in [-0.25, -0.2) is 0 Å². The molecule has 0 aliphatic rings. The van der Waals surface area contributed by atoms with Gasteiger partial charge in [-0.1, -0.05) is 0 Å². The molecule has 0 saturated carbocycles. The summed E-state index contributed by atoms with van der Waals surface area (Å²) in [6, 6.07) is 0. The second-order valence-electron chi connectivity index (χ2n) is 5.42. The van der Waals surface area contributed by atoms with Gasteiger partial charge < -0.3 is 66.1 Å². The van der Waals surface area contributed by atoms with Crippen LogP contribution in [0.2, 0.25) is 0 Å². The lowest BCUT2D eigenvalue weighted by molar-refractivity contribution is -0.120. The smallest absolute Gasteiger partial charge is 0.233 e. The van der Waals surface area contributed by atoms with Crippen LogP contribution in [0.15, 0.2) is 0 Å². The van der Waals surface area contributed by atoms with Crippen LogP contribution in [0.3, 0.4) is 0 Å². The van der Waals surface area contributed by atoms with Gasteiger partial charge in [-0.05, 0) is 0 Å². The van der Waals surface area contributed by atoms with Gasteiger partial charge in [0.2, 0.25) is 23.6 Å². The van der Waals surface area contributed by atoms with Crippen LogP contribution in [-0.4, -0.2) is 97.9 Å². The first-order valence-electron chi connectivity index (χ1n) is 7.69. The zero-order chi connectivity index (χ0) is 19.3. The Morgan fingerprint density at radius 3 is 0.793 bits per heavy atom. The maximum absolute atomic E-state index is 11.5. The maximum Gasteiger partial charge on any atom is 0.233 e. The maximum atomic E-state index is 11.5. The Morgan fingerprint density at radius 2 is 0.655 bits per heavy atom. The third kappa shape index (κ3) is 16.2. The van der Waals surface area contributed by atoms with E-state index < -0.39 is 29.0 Å². The van der Waals surface area contributed by atoms with Gasteiger partial charge in [-0.15, -0.1) is 0 Å². The molecular formula is C13H36N8O8. The molecular weight excluding hydrogens is 396 g/mol. The summed E-state index contributed by atoms with van der Waals surface area (Å²) >= 11 is 0. The molecule has 0 heterocycles. The fraction of sp³-hybridized carbons (Fsp3) is 0.692. The molecule has 4 amide bonds. The summed E-state index contributed by atoms with van der Waals surface area (Å²) in [6.45, 7) is -0.781. The Kier molecular flexibility index (Phi) is 26.1. The largest absolute Gasteiger partial charge is 0.412 e. The number of hydrogen-bond donors (Lipinski definition) is 8. The van der Waals surface area contributed by atoms with Crippen molar-refractivity contribution < 1.29 is 41.1 Å². The van der Waals surface area contributed by atoms with E-state index in [9.17, 15) is 19.2 Å². The van der Waals surface area contributed by atoms with Crippen LogP contribution in [-0.2, 0) is 19.2 Å². The van der Waals surface area contributed by atoms with Gasteiger partial charge in [0.15, 0.2) is 0 Å². The van der Waals surface area contributed by atoms with Crippen molar-refractivity contribution in [3.8, 4) is 0 Å². The molecule has 0 bridgehead atoms. The van der Waals surface area contributed by atoms with Crippen molar-refractivity contribution in [1.82, 2.24) is 21.3 Å². The summed E-state index contributed by atoms with van der Waals surface area (Å²) in [5.41, 5.74) is 20.1. The highest BCUT2D eigenvalue weighted by atomic mass is 16.2. The molecule has 0 aromatic carbocycles. The van der Waals surface area contributed by atoms with Crippen molar-refractivity contribution in [2.24, 2.45) is 28.3 Å². The summed E-state index contributed by atoms with van der Waals surface area (Å²) in [5, 5.41) is 10.3. The Bertz CT molecular complexity index is 394. The van der Waals surface area contributed by atoms with Gasteiger partial charge in [0.1, 0.15) is 0 Å². The number of carbonyl (C=O) groups excluding carboxylic acids is 4. The molecule has 0 aliphatic heterocycles. The number of amides is 4. The average Bonchev–Trinajstić information content (AvgIpc) is 2.65. The first-order chi connectivity index (χ1) is 11.8. The fourth-order valence-corrected chi connectivity index (χ4v) is 1.81. The van der Waals surface area contributed by atoms with Crippen LogP contribution >= 0.6 is 0 Å². The van der Waals surface area contributed by atoms with E-state index in [1.165, 1.54) is 0 Å². The molecule has 0 aromatic heterocycles. The van der Waals surface area contributed by atoms with E-state index >= 15 is 0 Å². The summed E-state index contributed by atoms with van der Waals surface area (Å²) in [5.74, 6) is -1.70. The molecule has 20 N–H and O–H groups in total. The molecule has 0 spiro atoms. The molecule has 0 radical (unpaired) electrons. The van der Waals surface area contributed by atoms with Crippen LogP contribution < -0.4 is 44.2 Å². The van der Waals surface area contributed by atoms with E-state index in [2.05, 4.69) is 21.3 Å². The van der Waals surface area contributed by atoms with Gasteiger partial charge in [0, 0.05) is 31.6 Å². The molecule has 0 saturated heterocycles. The van der Waals surface area contributed by atoms with Crippen LogP contribution in [0.25, 0.3) is 0 Å². The van der Waals surface area contributed by atoms with Crippen LogP contribution in [0.4, 0.5) is 0 Å². The molecule has 16 nitrogen and oxygen atoms in total. The Morgan fingerprint density at radius 1 is 0.483 bits per heavy atom. The van der Waals surface area contributed by atoms with Gasteiger partial charge in [0.05, 0.1) is 26.2 Å². The van der Waals surface area contributed by atoms with E-state index in [1.54, 1.807) is 0 Å². The number of nitrogens with one attached hydrogen (secondary N) is 4. The highest BCUT2D eigenvalue weighted by Gasteiger charge is 2.32. The summed E-state index contributed by atoms with van der Waals surface area (Å²) in [6.07, 6.45) is 0. The van der Waals surface area contributed by atoms with E-state index in [4.69, 9.17) is 22.9 Å². The van der Waals surface area contributed by atoms with Crippen molar-refractivity contribution in [3.05, 3.63) is 0 Å². The van der Waals surface area contributed by atoms with Crippen LogP contribution in [0.1, 0.15) is 0 Å². The van der Waals surface area contributed by atoms with Gasteiger partial charge in [-0.3, -0.25) is 19.2 Å². The molecule has 176 valence electrons. The quantitative estimate of drug-likeness (QED) is 0.146. The SMILES string of the molecule is NCC(=O)NCC(CNC(=O)CN)(CNC(=O)CN)CNC(=O)CN.O.O.O.O. The number of hydrogen-bond acceptors (Lipinski definition) is 8. The number of nitrogens with two attached hydrogens (primary N) is 4. The summed E-state index contributed by atoms with van der Waals surface area (Å²) in [7, 11) is 0. The van der Waals surface area contributed by atoms with Crippen molar-refractivity contribution in [3.63, 3.8) is 0 Å². The Balaban J connectivity index is -0.000000480. The highest BCUT2D eigenvalue weighted by Crippen LogP contribution is 2.13. The summed E-state index contributed by atoms with van der Waals surface area (Å²) < 4.78 is 0. The zero-order valence-corrected chi connectivity index (χ0v) is 16.1. The first kappa shape index (κ1) is 37.3. The fourth-order valence-electron chi connectivity index (χ4n) is 1.81. The molecule has 0 fully saturated rings. The highest BCUT2D eigenvalue weighted by molar-refractivity contribution is 5.80. The Hall–Kier alpha value is -2.44. The van der Waals surface area contributed by atoms with Crippen molar-refractivity contribution >= 4 is 23.6 Å². The number of rotatable bonds is 12. The second-order valence-corrected chi connectivity index (χ2v) is 5.42. The van der Waals surface area contributed by atoms with Crippen LogP contribution in [0, 0.1) is 5.41 Å². The average molecular weight is 432 g/mol. The minimum Gasteiger partial charge on any atom is -0.412 e. The lowest BCUT2D eigenvalue weighted by Crippen LogP contribution is -2.58. The minimum atomic E-state index is -0.925.